The molecule has 1 rings (SSSR count). The summed E-state index contributed by atoms with van der Waals surface area (Å²) in [6, 6.07) is 0. The smallest absolute Gasteiger partial charge is 0.311 e. The summed E-state index contributed by atoms with van der Waals surface area (Å²) in [6.07, 6.45) is 3.07. The summed E-state index contributed by atoms with van der Waals surface area (Å²) >= 11 is 0. The molecule has 0 spiro atoms. The fourth-order valence-electron chi connectivity index (χ4n) is 2.50. The molecule has 0 saturated carbocycles. The van der Waals surface area contributed by atoms with Crippen molar-refractivity contribution in [2.45, 2.75) is 19.3 Å². The van der Waals surface area contributed by atoms with E-state index in [4.69, 9.17) is 4.74 Å². The van der Waals surface area contributed by atoms with Crippen LogP contribution in [-0.4, -0.2) is 69.8 Å². The van der Waals surface area contributed by atoms with Gasteiger partial charge < -0.3 is 14.7 Å². The van der Waals surface area contributed by atoms with Crippen molar-refractivity contribution in [1.29, 1.82) is 0 Å². The number of likely N-dealkylation sites (tertiary alicyclic amines) is 1. The molecule has 1 fully saturated rings. The van der Waals surface area contributed by atoms with Crippen molar-refractivity contribution < 1.29 is 23.1 Å². The van der Waals surface area contributed by atoms with Gasteiger partial charge in [-0.15, -0.1) is 0 Å². The zero-order valence-electron chi connectivity index (χ0n) is 11.6. The van der Waals surface area contributed by atoms with Crippen LogP contribution in [0.5, 0.6) is 0 Å². The van der Waals surface area contributed by atoms with Crippen LogP contribution in [0, 0.1) is 5.41 Å². The van der Waals surface area contributed by atoms with Crippen molar-refractivity contribution in [2.24, 2.45) is 5.41 Å². The SMILES string of the molecule is COCC[C@@]1(C(=O)O)CCCN(CCS(C)(=O)=O)C1. The Labute approximate surface area is 114 Å². The molecule has 0 radical (unpaired) electrons. The Balaban J connectivity index is 2.66. The van der Waals surface area contributed by atoms with Crippen molar-refractivity contribution in [2.75, 3.05) is 45.4 Å². The van der Waals surface area contributed by atoms with Crippen molar-refractivity contribution in [3.05, 3.63) is 0 Å². The molecule has 6 nitrogen and oxygen atoms in total. The van der Waals surface area contributed by atoms with Gasteiger partial charge in [-0.3, -0.25) is 4.79 Å². The van der Waals surface area contributed by atoms with E-state index in [0.29, 0.717) is 32.5 Å². The molecule has 1 aliphatic rings. The monoisotopic (exact) mass is 293 g/mol. The highest BCUT2D eigenvalue weighted by molar-refractivity contribution is 7.90. The van der Waals surface area contributed by atoms with Crippen LogP contribution in [0.4, 0.5) is 0 Å². The minimum Gasteiger partial charge on any atom is -0.481 e. The number of rotatable bonds is 7. The Hall–Kier alpha value is -0.660. The Kier molecular flexibility index (Phi) is 5.76. The number of aliphatic carboxylic acids is 1. The zero-order chi connectivity index (χ0) is 14.5. The number of hydrogen-bond acceptors (Lipinski definition) is 5. The number of ether oxygens (including phenoxy) is 1. The van der Waals surface area contributed by atoms with Crippen molar-refractivity contribution in [3.8, 4) is 0 Å². The third kappa shape index (κ3) is 5.08. The van der Waals surface area contributed by atoms with Gasteiger partial charge >= 0.3 is 5.97 Å². The number of carboxylic acids is 1. The molecule has 0 aromatic rings. The molecule has 1 heterocycles. The van der Waals surface area contributed by atoms with Crippen LogP contribution in [0.15, 0.2) is 0 Å². The number of methoxy groups -OCH3 is 1. The Morgan fingerprint density at radius 3 is 2.68 bits per heavy atom. The molecule has 1 atom stereocenters. The van der Waals surface area contributed by atoms with Crippen molar-refractivity contribution in [1.82, 2.24) is 4.90 Å². The molecule has 0 unspecified atom stereocenters. The zero-order valence-corrected chi connectivity index (χ0v) is 12.4. The second-order valence-corrected chi connectivity index (χ2v) is 7.60. The number of carboxylic acid groups (broad SMARTS) is 1. The first-order valence-electron chi connectivity index (χ1n) is 6.41. The second-order valence-electron chi connectivity index (χ2n) is 5.34. The molecule has 0 amide bonds. The summed E-state index contributed by atoms with van der Waals surface area (Å²) in [6.45, 7) is 1.98. The van der Waals surface area contributed by atoms with Crippen LogP contribution in [-0.2, 0) is 19.4 Å². The van der Waals surface area contributed by atoms with E-state index in [1.165, 1.54) is 6.26 Å². The lowest BCUT2D eigenvalue weighted by molar-refractivity contribution is -0.154. The largest absolute Gasteiger partial charge is 0.481 e. The van der Waals surface area contributed by atoms with Gasteiger partial charge in [0.2, 0.25) is 0 Å². The lowest BCUT2D eigenvalue weighted by Crippen LogP contribution is -2.49. The molecule has 1 saturated heterocycles. The van der Waals surface area contributed by atoms with Gasteiger partial charge in [0.25, 0.3) is 0 Å². The van der Waals surface area contributed by atoms with Gasteiger partial charge in [-0.05, 0) is 25.8 Å². The third-order valence-corrected chi connectivity index (χ3v) is 4.60. The van der Waals surface area contributed by atoms with Crippen LogP contribution in [0.2, 0.25) is 0 Å². The van der Waals surface area contributed by atoms with E-state index < -0.39 is 21.2 Å². The van der Waals surface area contributed by atoms with Crippen LogP contribution in [0.3, 0.4) is 0 Å². The summed E-state index contributed by atoms with van der Waals surface area (Å²) in [5.74, 6) is -0.735. The highest BCUT2D eigenvalue weighted by atomic mass is 32.2. The molecule has 1 aliphatic heterocycles. The van der Waals surface area contributed by atoms with E-state index in [1.807, 2.05) is 4.90 Å². The van der Waals surface area contributed by atoms with Gasteiger partial charge in [-0.1, -0.05) is 0 Å². The van der Waals surface area contributed by atoms with E-state index in [9.17, 15) is 18.3 Å². The van der Waals surface area contributed by atoms with E-state index in [0.717, 1.165) is 13.0 Å². The highest BCUT2D eigenvalue weighted by Crippen LogP contribution is 2.33. The predicted octanol–water partition coefficient (Wildman–Crippen LogP) is 0.234. The van der Waals surface area contributed by atoms with Gasteiger partial charge in [0.05, 0.1) is 11.2 Å². The molecule has 19 heavy (non-hydrogen) atoms. The fraction of sp³-hybridized carbons (Fsp3) is 0.917. The standard InChI is InChI=1S/C12H23NO5S/c1-18-8-5-12(11(14)15)4-3-6-13(10-12)7-9-19(2,16)17/h3-10H2,1-2H3,(H,14,15)/t12-/m0/s1. The van der Waals surface area contributed by atoms with Gasteiger partial charge in [-0.25, -0.2) is 8.42 Å². The summed E-state index contributed by atoms with van der Waals surface area (Å²) in [5, 5.41) is 9.46. The minimum absolute atomic E-state index is 0.0764. The van der Waals surface area contributed by atoms with E-state index in [2.05, 4.69) is 0 Å². The van der Waals surface area contributed by atoms with Gasteiger partial charge in [0.15, 0.2) is 0 Å². The lowest BCUT2D eigenvalue weighted by atomic mass is 9.77. The van der Waals surface area contributed by atoms with Gasteiger partial charge in [0.1, 0.15) is 9.84 Å². The average molecular weight is 293 g/mol. The maximum absolute atomic E-state index is 11.5. The quantitative estimate of drug-likeness (QED) is 0.723. The molecular weight excluding hydrogens is 270 g/mol. The molecule has 0 aromatic carbocycles. The topological polar surface area (TPSA) is 83.9 Å². The number of piperidine rings is 1. The summed E-state index contributed by atoms with van der Waals surface area (Å²) in [5.41, 5.74) is -0.800. The minimum atomic E-state index is -3.01. The molecule has 0 bridgehead atoms. The lowest BCUT2D eigenvalue weighted by Gasteiger charge is -2.39. The van der Waals surface area contributed by atoms with Crippen LogP contribution >= 0.6 is 0 Å². The average Bonchev–Trinajstić information content (AvgIpc) is 2.33. The van der Waals surface area contributed by atoms with Crippen LogP contribution < -0.4 is 0 Å². The van der Waals surface area contributed by atoms with Crippen LogP contribution in [0.1, 0.15) is 19.3 Å². The van der Waals surface area contributed by atoms with Crippen LogP contribution in [0.25, 0.3) is 0 Å². The maximum Gasteiger partial charge on any atom is 0.311 e. The Morgan fingerprint density at radius 2 is 2.16 bits per heavy atom. The normalized spacial score (nSPS) is 25.4. The summed E-state index contributed by atoms with van der Waals surface area (Å²) in [7, 11) is -1.46. The molecular formula is C12H23NO5S. The van der Waals surface area contributed by atoms with E-state index in [1.54, 1.807) is 7.11 Å². The Morgan fingerprint density at radius 1 is 1.47 bits per heavy atom. The number of carbonyl (C=O) groups is 1. The number of hydrogen-bond donors (Lipinski definition) is 1. The third-order valence-electron chi connectivity index (χ3n) is 3.67. The fourth-order valence-corrected chi connectivity index (χ4v) is 3.09. The Bertz CT molecular complexity index is 408. The molecule has 0 aromatic heterocycles. The summed E-state index contributed by atoms with van der Waals surface area (Å²) in [4.78, 5) is 13.5. The molecule has 0 aliphatic carbocycles. The molecule has 112 valence electrons. The highest BCUT2D eigenvalue weighted by Gasteiger charge is 2.41. The maximum atomic E-state index is 11.5. The van der Waals surface area contributed by atoms with Crippen molar-refractivity contribution >= 4 is 15.8 Å². The number of sulfone groups is 1. The van der Waals surface area contributed by atoms with Gasteiger partial charge in [-0.2, -0.15) is 0 Å². The van der Waals surface area contributed by atoms with E-state index >= 15 is 0 Å². The molecule has 1 N–H and O–H groups in total. The first-order valence-corrected chi connectivity index (χ1v) is 8.47. The predicted molar refractivity (Wildman–Crippen MR) is 71.9 cm³/mol. The number of nitrogens with zero attached hydrogens (tertiary/aromatic N) is 1. The van der Waals surface area contributed by atoms with E-state index in [-0.39, 0.29) is 5.75 Å². The van der Waals surface area contributed by atoms with Crippen molar-refractivity contribution in [3.63, 3.8) is 0 Å². The first-order chi connectivity index (χ1) is 8.79. The molecule has 7 heteroatoms. The summed E-state index contributed by atoms with van der Waals surface area (Å²) < 4.78 is 27.3. The second kappa shape index (κ2) is 6.67. The van der Waals surface area contributed by atoms with Gasteiger partial charge in [0, 0.05) is 33.1 Å². The first kappa shape index (κ1) is 16.4.